The minimum Gasteiger partial charge on any atom is -0.350 e. The number of nitrogens with one attached hydrogen (secondary N) is 2. The van der Waals surface area contributed by atoms with Gasteiger partial charge in [-0.05, 0) is 45.4 Å². The summed E-state index contributed by atoms with van der Waals surface area (Å²) in [7, 11) is 1.79. The molecule has 2 N–H and O–H groups in total. The van der Waals surface area contributed by atoms with Gasteiger partial charge in [0.05, 0.1) is 6.54 Å². The van der Waals surface area contributed by atoms with E-state index in [-0.39, 0.29) is 42.0 Å². The van der Waals surface area contributed by atoms with E-state index in [9.17, 15) is 4.79 Å². The maximum Gasteiger partial charge on any atom is 0.239 e. The summed E-state index contributed by atoms with van der Waals surface area (Å²) in [5.74, 6) is 0.869. The molecule has 1 heterocycles. The number of hydrogen-bond acceptors (Lipinski definition) is 2. The zero-order chi connectivity index (χ0) is 14.8. The molecule has 2 aliphatic rings. The highest BCUT2D eigenvalue weighted by molar-refractivity contribution is 14.0. The van der Waals surface area contributed by atoms with Crippen LogP contribution in [0.2, 0.25) is 0 Å². The van der Waals surface area contributed by atoms with Crippen LogP contribution in [-0.4, -0.2) is 49.0 Å². The van der Waals surface area contributed by atoms with Gasteiger partial charge in [-0.15, -0.1) is 24.0 Å². The molecule has 0 bridgehead atoms. The Morgan fingerprint density at radius 2 is 1.95 bits per heavy atom. The van der Waals surface area contributed by atoms with Crippen LogP contribution in [0.5, 0.6) is 0 Å². The van der Waals surface area contributed by atoms with Gasteiger partial charge in [0, 0.05) is 25.7 Å². The van der Waals surface area contributed by atoms with Gasteiger partial charge in [-0.3, -0.25) is 9.79 Å². The number of hydrogen-bond donors (Lipinski definition) is 2. The molecule has 1 aliphatic heterocycles. The Balaban J connectivity index is 0.00000220. The molecule has 0 radical (unpaired) electrons. The van der Waals surface area contributed by atoms with Crippen molar-refractivity contribution in [1.29, 1.82) is 0 Å². The number of amides is 1. The van der Waals surface area contributed by atoms with Crippen molar-refractivity contribution in [3.05, 3.63) is 0 Å². The third-order valence-electron chi connectivity index (χ3n) is 4.29. The molecule has 0 aromatic carbocycles. The fourth-order valence-electron chi connectivity index (χ4n) is 3.15. The first-order valence-electron chi connectivity index (χ1n) is 7.60. The van der Waals surface area contributed by atoms with Gasteiger partial charge in [-0.2, -0.15) is 0 Å². The molecule has 122 valence electrons. The average Bonchev–Trinajstić information content (AvgIpc) is 2.72. The number of halogens is 1. The van der Waals surface area contributed by atoms with Crippen LogP contribution >= 0.6 is 24.0 Å². The molecule has 1 saturated carbocycles. The molecule has 2 rings (SSSR count). The lowest BCUT2D eigenvalue weighted by molar-refractivity contribution is -0.121. The minimum absolute atomic E-state index is 0. The second-order valence-electron chi connectivity index (χ2n) is 7.22. The van der Waals surface area contributed by atoms with Crippen LogP contribution in [-0.2, 0) is 4.79 Å². The van der Waals surface area contributed by atoms with Crippen LogP contribution in [0.25, 0.3) is 0 Å². The van der Waals surface area contributed by atoms with E-state index in [0.29, 0.717) is 5.41 Å². The molecule has 6 heteroatoms. The van der Waals surface area contributed by atoms with E-state index in [4.69, 9.17) is 0 Å². The quantitative estimate of drug-likeness (QED) is 0.418. The van der Waals surface area contributed by atoms with Gasteiger partial charge in [-0.1, -0.05) is 6.42 Å². The molecule has 0 aromatic heterocycles. The summed E-state index contributed by atoms with van der Waals surface area (Å²) in [6, 6.07) is 0. The third-order valence-corrected chi connectivity index (χ3v) is 4.29. The van der Waals surface area contributed by atoms with E-state index in [2.05, 4.69) is 20.5 Å². The van der Waals surface area contributed by atoms with Crippen molar-refractivity contribution in [2.24, 2.45) is 10.4 Å². The molecular formula is C15H29IN4O. The molecule has 21 heavy (non-hydrogen) atoms. The molecule has 1 spiro atoms. The Labute approximate surface area is 145 Å². The lowest BCUT2D eigenvalue weighted by atomic mass is 9.68. The smallest absolute Gasteiger partial charge is 0.239 e. The Hall–Kier alpha value is -0.530. The zero-order valence-electron chi connectivity index (χ0n) is 13.7. The van der Waals surface area contributed by atoms with Gasteiger partial charge >= 0.3 is 0 Å². The van der Waals surface area contributed by atoms with E-state index < -0.39 is 0 Å². The predicted molar refractivity (Wildman–Crippen MR) is 97.1 cm³/mol. The zero-order valence-corrected chi connectivity index (χ0v) is 16.0. The first kappa shape index (κ1) is 18.5. The fraction of sp³-hybridized carbons (Fsp3) is 0.867. The van der Waals surface area contributed by atoms with Crippen LogP contribution in [0, 0.1) is 5.41 Å². The number of likely N-dealkylation sites (tertiary alicyclic amines) is 1. The summed E-state index contributed by atoms with van der Waals surface area (Å²) in [4.78, 5) is 18.5. The molecule has 2 fully saturated rings. The second-order valence-corrected chi connectivity index (χ2v) is 7.22. The van der Waals surface area contributed by atoms with Crippen molar-refractivity contribution in [2.45, 2.75) is 52.0 Å². The van der Waals surface area contributed by atoms with E-state index in [0.717, 1.165) is 19.0 Å². The number of aliphatic imine (C=N–C) groups is 1. The third kappa shape index (κ3) is 5.00. The number of rotatable bonds is 2. The largest absolute Gasteiger partial charge is 0.350 e. The maximum atomic E-state index is 11.8. The van der Waals surface area contributed by atoms with E-state index in [1.807, 2.05) is 20.8 Å². The van der Waals surface area contributed by atoms with E-state index >= 15 is 0 Å². The Bertz CT molecular complexity index is 399. The SMILES string of the molecule is CN=C(NCC(=O)NC(C)(C)C)N1CCC2(CCC2)C1.I. The van der Waals surface area contributed by atoms with Crippen molar-refractivity contribution in [3.63, 3.8) is 0 Å². The summed E-state index contributed by atoms with van der Waals surface area (Å²) in [6.07, 6.45) is 5.34. The van der Waals surface area contributed by atoms with Gasteiger partial charge < -0.3 is 15.5 Å². The molecule has 0 atom stereocenters. The van der Waals surface area contributed by atoms with Crippen molar-refractivity contribution >= 4 is 35.8 Å². The topological polar surface area (TPSA) is 56.7 Å². The van der Waals surface area contributed by atoms with Gasteiger partial charge in [0.1, 0.15) is 0 Å². The first-order valence-corrected chi connectivity index (χ1v) is 7.60. The van der Waals surface area contributed by atoms with Crippen molar-refractivity contribution in [1.82, 2.24) is 15.5 Å². The predicted octanol–water partition coefficient (Wildman–Crippen LogP) is 1.97. The monoisotopic (exact) mass is 408 g/mol. The number of carbonyl (C=O) groups excluding carboxylic acids is 1. The van der Waals surface area contributed by atoms with E-state index in [1.54, 1.807) is 7.05 Å². The normalized spacial score (nSPS) is 20.8. The molecule has 1 aliphatic carbocycles. The van der Waals surface area contributed by atoms with Crippen LogP contribution in [0.15, 0.2) is 4.99 Å². The number of nitrogens with zero attached hydrogens (tertiary/aromatic N) is 2. The Morgan fingerprint density at radius 3 is 2.38 bits per heavy atom. The Morgan fingerprint density at radius 1 is 1.29 bits per heavy atom. The lowest BCUT2D eigenvalue weighted by Crippen LogP contribution is -2.49. The molecule has 1 amide bonds. The molecule has 0 aromatic rings. The van der Waals surface area contributed by atoms with Gasteiger partial charge in [-0.25, -0.2) is 0 Å². The van der Waals surface area contributed by atoms with Crippen LogP contribution in [0.1, 0.15) is 46.5 Å². The maximum absolute atomic E-state index is 11.8. The summed E-state index contributed by atoms with van der Waals surface area (Å²) in [6.45, 7) is 8.39. The van der Waals surface area contributed by atoms with Crippen molar-refractivity contribution in [3.8, 4) is 0 Å². The van der Waals surface area contributed by atoms with Crippen LogP contribution in [0.4, 0.5) is 0 Å². The van der Waals surface area contributed by atoms with Crippen molar-refractivity contribution < 1.29 is 4.79 Å². The highest BCUT2D eigenvalue weighted by Crippen LogP contribution is 2.47. The highest BCUT2D eigenvalue weighted by Gasteiger charge is 2.43. The standard InChI is InChI=1S/C15H28N4O.HI/c1-14(2,3)18-12(20)10-17-13(16-4)19-9-8-15(11-19)6-5-7-15;/h5-11H2,1-4H3,(H,16,17)(H,18,20);1H. The first-order chi connectivity index (χ1) is 9.34. The molecule has 1 saturated heterocycles. The number of guanidine groups is 1. The molecular weight excluding hydrogens is 379 g/mol. The van der Waals surface area contributed by atoms with Crippen LogP contribution < -0.4 is 10.6 Å². The summed E-state index contributed by atoms with van der Waals surface area (Å²) < 4.78 is 0. The fourth-order valence-corrected chi connectivity index (χ4v) is 3.15. The van der Waals surface area contributed by atoms with Gasteiger partial charge in [0.2, 0.25) is 5.91 Å². The highest BCUT2D eigenvalue weighted by atomic mass is 127. The summed E-state index contributed by atoms with van der Waals surface area (Å²) in [5, 5.41) is 6.14. The summed E-state index contributed by atoms with van der Waals surface area (Å²) in [5.41, 5.74) is 0.358. The Kier molecular flexibility index (Phi) is 6.31. The minimum atomic E-state index is -0.189. The van der Waals surface area contributed by atoms with Crippen LogP contribution in [0.3, 0.4) is 0 Å². The van der Waals surface area contributed by atoms with Gasteiger partial charge in [0.15, 0.2) is 5.96 Å². The number of carbonyl (C=O) groups is 1. The average molecular weight is 408 g/mol. The van der Waals surface area contributed by atoms with Crippen molar-refractivity contribution in [2.75, 3.05) is 26.7 Å². The summed E-state index contributed by atoms with van der Waals surface area (Å²) >= 11 is 0. The molecule has 5 nitrogen and oxygen atoms in total. The molecule has 0 unspecified atom stereocenters. The lowest BCUT2D eigenvalue weighted by Gasteiger charge is -2.38. The van der Waals surface area contributed by atoms with Gasteiger partial charge in [0.25, 0.3) is 0 Å². The van der Waals surface area contributed by atoms with E-state index in [1.165, 1.54) is 25.7 Å². The second kappa shape index (κ2) is 7.15.